The molecular formula is C14H20N2. The summed E-state index contributed by atoms with van der Waals surface area (Å²) in [7, 11) is 2.11. The van der Waals surface area contributed by atoms with Gasteiger partial charge in [0.2, 0.25) is 0 Å². The molecule has 0 radical (unpaired) electrons. The van der Waals surface area contributed by atoms with Gasteiger partial charge in [0.25, 0.3) is 0 Å². The van der Waals surface area contributed by atoms with E-state index in [0.717, 1.165) is 0 Å². The third-order valence-corrected chi connectivity index (χ3v) is 3.29. The lowest BCUT2D eigenvalue weighted by Crippen LogP contribution is -2.06. The summed E-state index contributed by atoms with van der Waals surface area (Å²) in [4.78, 5) is 0. The van der Waals surface area contributed by atoms with Crippen molar-refractivity contribution < 1.29 is 0 Å². The van der Waals surface area contributed by atoms with Crippen LogP contribution in [0.3, 0.4) is 0 Å². The third kappa shape index (κ3) is 1.54. The molecule has 0 bridgehead atoms. The van der Waals surface area contributed by atoms with Gasteiger partial charge >= 0.3 is 0 Å². The predicted molar refractivity (Wildman–Crippen MR) is 69.6 cm³/mol. The Bertz CT molecular complexity index is 521. The van der Waals surface area contributed by atoms with Gasteiger partial charge in [-0.25, -0.2) is 0 Å². The molecule has 86 valence electrons. The number of aryl methyl sites for hydroxylation is 2. The van der Waals surface area contributed by atoms with Crippen molar-refractivity contribution in [2.75, 3.05) is 0 Å². The van der Waals surface area contributed by atoms with E-state index >= 15 is 0 Å². The highest BCUT2D eigenvalue weighted by molar-refractivity contribution is 5.86. The molecule has 0 saturated heterocycles. The Labute approximate surface area is 97.1 Å². The molecule has 0 atom stereocenters. The molecule has 1 aromatic heterocycles. The summed E-state index contributed by atoms with van der Waals surface area (Å²) in [6, 6.07) is 6.63. The number of nitrogens with two attached hydrogens (primary N) is 1. The van der Waals surface area contributed by atoms with Gasteiger partial charge < -0.3 is 10.3 Å². The fourth-order valence-electron chi connectivity index (χ4n) is 2.52. The summed E-state index contributed by atoms with van der Waals surface area (Å²) in [6.45, 7) is 7.20. The first-order valence-corrected chi connectivity index (χ1v) is 5.84. The average Bonchev–Trinajstić information content (AvgIpc) is 2.51. The van der Waals surface area contributed by atoms with E-state index in [1.165, 1.54) is 27.7 Å². The summed E-state index contributed by atoms with van der Waals surface area (Å²) in [5.41, 5.74) is 11.1. The Morgan fingerprint density at radius 2 is 2.00 bits per heavy atom. The molecule has 0 unspecified atom stereocenters. The van der Waals surface area contributed by atoms with Gasteiger partial charge in [-0.2, -0.15) is 0 Å². The number of fused-ring (bicyclic) bond motifs is 1. The van der Waals surface area contributed by atoms with Gasteiger partial charge in [-0.3, -0.25) is 0 Å². The van der Waals surface area contributed by atoms with Crippen molar-refractivity contribution in [2.24, 2.45) is 12.8 Å². The van der Waals surface area contributed by atoms with E-state index in [1.807, 2.05) is 0 Å². The number of aromatic nitrogens is 1. The van der Waals surface area contributed by atoms with Crippen molar-refractivity contribution in [3.05, 3.63) is 35.0 Å². The quantitative estimate of drug-likeness (QED) is 0.821. The summed E-state index contributed by atoms with van der Waals surface area (Å²) in [5.74, 6) is 0.518. The molecule has 0 spiro atoms. The lowest BCUT2D eigenvalue weighted by Gasteiger charge is -2.08. The largest absolute Gasteiger partial charge is 0.346 e. The molecule has 0 aliphatic carbocycles. The minimum Gasteiger partial charge on any atom is -0.346 e. The number of benzene rings is 1. The Kier molecular flexibility index (Phi) is 2.76. The van der Waals surface area contributed by atoms with Crippen LogP contribution in [0.5, 0.6) is 0 Å². The summed E-state index contributed by atoms with van der Waals surface area (Å²) < 4.78 is 2.23. The molecule has 0 fully saturated rings. The molecule has 2 rings (SSSR count). The van der Waals surface area contributed by atoms with Gasteiger partial charge in [-0.15, -0.1) is 0 Å². The van der Waals surface area contributed by atoms with Crippen molar-refractivity contribution in [3.63, 3.8) is 0 Å². The molecule has 2 aromatic rings. The fourth-order valence-corrected chi connectivity index (χ4v) is 2.52. The van der Waals surface area contributed by atoms with Crippen LogP contribution in [0.1, 0.15) is 36.6 Å². The first-order valence-electron chi connectivity index (χ1n) is 5.84. The van der Waals surface area contributed by atoms with Crippen molar-refractivity contribution in [1.82, 2.24) is 4.57 Å². The van der Waals surface area contributed by atoms with Crippen LogP contribution >= 0.6 is 0 Å². The minimum atomic E-state index is 0.518. The first kappa shape index (κ1) is 11.2. The maximum Gasteiger partial charge on any atom is 0.0485 e. The summed E-state index contributed by atoms with van der Waals surface area (Å²) in [6.07, 6.45) is 0. The van der Waals surface area contributed by atoms with Gasteiger partial charge in [0, 0.05) is 30.2 Å². The van der Waals surface area contributed by atoms with E-state index < -0.39 is 0 Å². The molecule has 0 saturated carbocycles. The summed E-state index contributed by atoms with van der Waals surface area (Å²) >= 11 is 0. The third-order valence-electron chi connectivity index (χ3n) is 3.29. The lowest BCUT2D eigenvalue weighted by atomic mass is 9.99. The Morgan fingerprint density at radius 1 is 1.31 bits per heavy atom. The minimum absolute atomic E-state index is 0.518. The number of nitrogens with zero attached hydrogens (tertiary/aromatic N) is 1. The second-order valence-corrected chi connectivity index (χ2v) is 4.80. The van der Waals surface area contributed by atoms with Crippen LogP contribution in [0.4, 0.5) is 0 Å². The molecule has 0 aliphatic rings. The van der Waals surface area contributed by atoms with E-state index in [2.05, 4.69) is 50.6 Å². The van der Waals surface area contributed by atoms with Crippen LogP contribution in [0.15, 0.2) is 18.2 Å². The highest BCUT2D eigenvalue weighted by Crippen LogP contribution is 2.31. The van der Waals surface area contributed by atoms with Crippen molar-refractivity contribution >= 4 is 10.9 Å². The van der Waals surface area contributed by atoms with Gasteiger partial charge in [0.05, 0.1) is 0 Å². The van der Waals surface area contributed by atoms with Crippen LogP contribution in [0.2, 0.25) is 0 Å². The normalized spacial score (nSPS) is 11.6. The van der Waals surface area contributed by atoms with Crippen LogP contribution < -0.4 is 5.73 Å². The molecule has 0 aliphatic heterocycles. The number of hydrogen-bond acceptors (Lipinski definition) is 1. The molecule has 16 heavy (non-hydrogen) atoms. The molecule has 2 nitrogen and oxygen atoms in total. The zero-order valence-electron chi connectivity index (χ0n) is 10.5. The maximum atomic E-state index is 5.87. The second-order valence-electron chi connectivity index (χ2n) is 4.80. The standard InChI is InChI=1S/C14H20N2/c1-9(2)14-11-6-5-10(3)7-12(11)16(4)13(14)8-15/h5-7,9H,8,15H2,1-4H3. The van der Waals surface area contributed by atoms with E-state index in [4.69, 9.17) is 5.73 Å². The van der Waals surface area contributed by atoms with Gasteiger partial charge in [0.1, 0.15) is 0 Å². The van der Waals surface area contributed by atoms with Crippen LogP contribution in [-0.4, -0.2) is 4.57 Å². The first-order chi connectivity index (χ1) is 7.56. The number of hydrogen-bond donors (Lipinski definition) is 1. The molecular weight excluding hydrogens is 196 g/mol. The highest BCUT2D eigenvalue weighted by atomic mass is 15.0. The zero-order chi connectivity index (χ0) is 11.9. The lowest BCUT2D eigenvalue weighted by molar-refractivity contribution is 0.788. The second kappa shape index (κ2) is 3.95. The fraction of sp³-hybridized carbons (Fsp3) is 0.429. The topological polar surface area (TPSA) is 30.9 Å². The summed E-state index contributed by atoms with van der Waals surface area (Å²) in [5, 5.41) is 1.35. The van der Waals surface area contributed by atoms with E-state index in [-0.39, 0.29) is 0 Å². The smallest absolute Gasteiger partial charge is 0.0485 e. The Balaban J connectivity index is 2.86. The number of rotatable bonds is 2. The predicted octanol–water partition coefficient (Wildman–Crippen LogP) is 3.07. The zero-order valence-corrected chi connectivity index (χ0v) is 10.5. The van der Waals surface area contributed by atoms with Crippen molar-refractivity contribution in [1.29, 1.82) is 0 Å². The van der Waals surface area contributed by atoms with E-state index in [9.17, 15) is 0 Å². The Hall–Kier alpha value is -1.28. The van der Waals surface area contributed by atoms with Gasteiger partial charge in [-0.1, -0.05) is 26.0 Å². The van der Waals surface area contributed by atoms with Crippen LogP contribution in [0, 0.1) is 6.92 Å². The van der Waals surface area contributed by atoms with E-state index in [0.29, 0.717) is 12.5 Å². The van der Waals surface area contributed by atoms with Crippen LogP contribution in [0.25, 0.3) is 10.9 Å². The van der Waals surface area contributed by atoms with Crippen molar-refractivity contribution in [2.45, 2.75) is 33.2 Å². The molecule has 2 N–H and O–H groups in total. The van der Waals surface area contributed by atoms with Crippen LogP contribution in [-0.2, 0) is 13.6 Å². The molecule has 2 heteroatoms. The molecule has 1 heterocycles. The molecule has 0 amide bonds. The average molecular weight is 216 g/mol. The van der Waals surface area contributed by atoms with E-state index in [1.54, 1.807) is 0 Å². The van der Waals surface area contributed by atoms with Gasteiger partial charge in [0.15, 0.2) is 0 Å². The molecule has 1 aromatic carbocycles. The van der Waals surface area contributed by atoms with Crippen molar-refractivity contribution in [3.8, 4) is 0 Å². The highest BCUT2D eigenvalue weighted by Gasteiger charge is 2.16. The monoisotopic (exact) mass is 216 g/mol. The Morgan fingerprint density at radius 3 is 2.56 bits per heavy atom. The SMILES string of the molecule is Cc1ccc2c(C(C)C)c(CN)n(C)c2c1. The van der Waals surface area contributed by atoms with Gasteiger partial charge in [-0.05, 0) is 30.0 Å². The maximum absolute atomic E-state index is 5.87.